The van der Waals surface area contributed by atoms with E-state index in [1.807, 2.05) is 50.2 Å². The first-order valence-electron chi connectivity index (χ1n) is 6.45. The second kappa shape index (κ2) is 6.14. The van der Waals surface area contributed by atoms with Crippen molar-refractivity contribution in [3.63, 3.8) is 0 Å². The molecule has 2 aromatic rings. The summed E-state index contributed by atoms with van der Waals surface area (Å²) in [6, 6.07) is 11.8. The molecular formula is C16H18N2O. The van der Waals surface area contributed by atoms with Gasteiger partial charge in [-0.05, 0) is 41.3 Å². The Hall–Kier alpha value is -2.16. The summed E-state index contributed by atoms with van der Waals surface area (Å²) in [5, 5.41) is 2.90. The Morgan fingerprint density at radius 2 is 1.63 bits per heavy atom. The van der Waals surface area contributed by atoms with E-state index in [2.05, 4.69) is 10.3 Å². The van der Waals surface area contributed by atoms with Gasteiger partial charge in [0.2, 0.25) is 5.91 Å². The molecule has 1 N–H and O–H groups in total. The number of amides is 1. The first-order chi connectivity index (χ1) is 9.15. The van der Waals surface area contributed by atoms with Crippen molar-refractivity contribution in [1.82, 2.24) is 4.98 Å². The summed E-state index contributed by atoms with van der Waals surface area (Å²) >= 11 is 0. The van der Waals surface area contributed by atoms with Crippen LogP contribution in [0.3, 0.4) is 0 Å². The van der Waals surface area contributed by atoms with Crippen LogP contribution in [0, 0.1) is 5.92 Å². The van der Waals surface area contributed by atoms with E-state index in [4.69, 9.17) is 0 Å². The lowest BCUT2D eigenvalue weighted by molar-refractivity contribution is -0.116. The van der Waals surface area contributed by atoms with E-state index in [-0.39, 0.29) is 5.91 Å². The highest BCUT2D eigenvalue weighted by Gasteiger charge is 2.05. The van der Waals surface area contributed by atoms with E-state index in [0.717, 1.165) is 16.8 Å². The third kappa shape index (κ3) is 3.91. The lowest BCUT2D eigenvalue weighted by atomic mass is 10.1. The summed E-state index contributed by atoms with van der Waals surface area (Å²) in [5.74, 6) is 0.433. The van der Waals surface area contributed by atoms with Crippen LogP contribution in [0.25, 0.3) is 11.1 Å². The Kier molecular flexibility index (Phi) is 4.29. The summed E-state index contributed by atoms with van der Waals surface area (Å²) in [5.41, 5.74) is 3.07. The monoisotopic (exact) mass is 254 g/mol. The van der Waals surface area contributed by atoms with Crippen molar-refractivity contribution in [2.45, 2.75) is 20.3 Å². The smallest absolute Gasteiger partial charge is 0.224 e. The van der Waals surface area contributed by atoms with Crippen LogP contribution in [0.2, 0.25) is 0 Å². The molecule has 1 heterocycles. The van der Waals surface area contributed by atoms with Gasteiger partial charge in [-0.25, -0.2) is 0 Å². The number of benzene rings is 1. The maximum absolute atomic E-state index is 11.7. The molecule has 0 atom stereocenters. The third-order valence-electron chi connectivity index (χ3n) is 2.78. The molecule has 1 aromatic heterocycles. The van der Waals surface area contributed by atoms with Crippen LogP contribution < -0.4 is 5.32 Å². The van der Waals surface area contributed by atoms with Crippen molar-refractivity contribution >= 4 is 11.6 Å². The fourth-order valence-electron chi connectivity index (χ4n) is 1.87. The molecule has 98 valence electrons. The fraction of sp³-hybridized carbons (Fsp3) is 0.250. The number of nitrogens with zero attached hydrogens (tertiary/aromatic N) is 1. The topological polar surface area (TPSA) is 42.0 Å². The first kappa shape index (κ1) is 13.3. The van der Waals surface area contributed by atoms with Gasteiger partial charge in [0.05, 0.1) is 0 Å². The molecule has 0 aliphatic carbocycles. The van der Waals surface area contributed by atoms with Crippen LogP contribution in [-0.4, -0.2) is 10.9 Å². The van der Waals surface area contributed by atoms with Gasteiger partial charge in [0.1, 0.15) is 0 Å². The fourth-order valence-corrected chi connectivity index (χ4v) is 1.87. The van der Waals surface area contributed by atoms with Gasteiger partial charge in [0.15, 0.2) is 0 Å². The summed E-state index contributed by atoms with van der Waals surface area (Å²) in [6.07, 6.45) is 4.09. The number of anilines is 1. The quantitative estimate of drug-likeness (QED) is 0.903. The summed E-state index contributed by atoms with van der Waals surface area (Å²) in [4.78, 5) is 15.7. The van der Waals surface area contributed by atoms with E-state index >= 15 is 0 Å². The van der Waals surface area contributed by atoms with Gasteiger partial charge in [-0.15, -0.1) is 0 Å². The molecule has 0 aliphatic heterocycles. The number of carbonyl (C=O) groups is 1. The molecule has 1 aromatic carbocycles. The van der Waals surface area contributed by atoms with Gasteiger partial charge in [-0.1, -0.05) is 26.0 Å². The van der Waals surface area contributed by atoms with Crippen molar-refractivity contribution in [2.24, 2.45) is 5.92 Å². The van der Waals surface area contributed by atoms with Crippen molar-refractivity contribution in [1.29, 1.82) is 0 Å². The standard InChI is InChI=1S/C16H18N2O/c1-12(2)11-16(19)18-15-5-3-13(4-6-15)14-7-9-17-10-8-14/h3-10,12H,11H2,1-2H3,(H,18,19). The Morgan fingerprint density at radius 3 is 2.21 bits per heavy atom. The van der Waals surface area contributed by atoms with E-state index in [9.17, 15) is 4.79 Å². The van der Waals surface area contributed by atoms with Gasteiger partial charge in [-0.3, -0.25) is 9.78 Å². The van der Waals surface area contributed by atoms with Gasteiger partial charge in [0, 0.05) is 24.5 Å². The van der Waals surface area contributed by atoms with Crippen LogP contribution in [0.15, 0.2) is 48.8 Å². The SMILES string of the molecule is CC(C)CC(=O)Nc1ccc(-c2ccncc2)cc1. The predicted molar refractivity (Wildman–Crippen MR) is 77.8 cm³/mol. The molecule has 0 spiro atoms. The van der Waals surface area contributed by atoms with Crippen molar-refractivity contribution in [3.05, 3.63) is 48.8 Å². The molecule has 0 saturated carbocycles. The van der Waals surface area contributed by atoms with Crippen LogP contribution in [0.1, 0.15) is 20.3 Å². The maximum atomic E-state index is 11.7. The normalized spacial score (nSPS) is 10.5. The highest BCUT2D eigenvalue weighted by atomic mass is 16.1. The lowest BCUT2D eigenvalue weighted by Gasteiger charge is -2.08. The van der Waals surface area contributed by atoms with E-state index < -0.39 is 0 Å². The minimum atomic E-state index is 0.0617. The highest BCUT2D eigenvalue weighted by Crippen LogP contribution is 2.20. The van der Waals surface area contributed by atoms with Crippen LogP contribution in [0.4, 0.5) is 5.69 Å². The van der Waals surface area contributed by atoms with Crippen LogP contribution >= 0.6 is 0 Å². The summed E-state index contributed by atoms with van der Waals surface area (Å²) < 4.78 is 0. The molecule has 0 bridgehead atoms. The zero-order valence-corrected chi connectivity index (χ0v) is 11.3. The maximum Gasteiger partial charge on any atom is 0.224 e. The molecule has 0 aliphatic rings. The van der Waals surface area contributed by atoms with Crippen LogP contribution in [0.5, 0.6) is 0 Å². The minimum Gasteiger partial charge on any atom is -0.326 e. The lowest BCUT2D eigenvalue weighted by Crippen LogP contribution is -2.13. The molecule has 19 heavy (non-hydrogen) atoms. The molecular weight excluding hydrogens is 236 g/mol. The van der Waals surface area contributed by atoms with Crippen molar-refractivity contribution in [3.8, 4) is 11.1 Å². The molecule has 0 unspecified atom stereocenters. The molecule has 3 heteroatoms. The third-order valence-corrected chi connectivity index (χ3v) is 2.78. The number of rotatable bonds is 4. The number of aromatic nitrogens is 1. The average Bonchev–Trinajstić information content (AvgIpc) is 2.39. The van der Waals surface area contributed by atoms with Gasteiger partial charge in [-0.2, -0.15) is 0 Å². The number of pyridine rings is 1. The number of hydrogen-bond donors (Lipinski definition) is 1. The van der Waals surface area contributed by atoms with E-state index in [0.29, 0.717) is 12.3 Å². The minimum absolute atomic E-state index is 0.0617. The van der Waals surface area contributed by atoms with Crippen molar-refractivity contribution < 1.29 is 4.79 Å². The Morgan fingerprint density at radius 1 is 1.05 bits per heavy atom. The molecule has 2 rings (SSSR count). The Labute approximate surface area is 113 Å². The first-order valence-corrected chi connectivity index (χ1v) is 6.45. The Balaban J connectivity index is 2.05. The van der Waals surface area contributed by atoms with Crippen molar-refractivity contribution in [2.75, 3.05) is 5.32 Å². The predicted octanol–water partition coefficient (Wildman–Crippen LogP) is 3.73. The van der Waals surface area contributed by atoms with Crippen LogP contribution in [-0.2, 0) is 4.79 Å². The molecule has 0 fully saturated rings. The molecule has 0 saturated heterocycles. The van der Waals surface area contributed by atoms with Gasteiger partial charge < -0.3 is 5.32 Å². The van der Waals surface area contributed by atoms with E-state index in [1.165, 1.54) is 0 Å². The number of nitrogens with one attached hydrogen (secondary N) is 1. The number of carbonyl (C=O) groups excluding carboxylic acids is 1. The molecule has 1 amide bonds. The van der Waals surface area contributed by atoms with Gasteiger partial charge in [0.25, 0.3) is 0 Å². The zero-order chi connectivity index (χ0) is 13.7. The largest absolute Gasteiger partial charge is 0.326 e. The Bertz CT molecular complexity index is 532. The zero-order valence-electron chi connectivity index (χ0n) is 11.3. The molecule has 0 radical (unpaired) electrons. The highest BCUT2D eigenvalue weighted by molar-refractivity contribution is 5.91. The summed E-state index contributed by atoms with van der Waals surface area (Å²) in [7, 11) is 0. The molecule has 3 nitrogen and oxygen atoms in total. The second-order valence-corrected chi connectivity index (χ2v) is 4.96. The van der Waals surface area contributed by atoms with Gasteiger partial charge >= 0.3 is 0 Å². The second-order valence-electron chi connectivity index (χ2n) is 4.96. The van der Waals surface area contributed by atoms with E-state index in [1.54, 1.807) is 12.4 Å². The summed E-state index contributed by atoms with van der Waals surface area (Å²) in [6.45, 7) is 4.07. The average molecular weight is 254 g/mol. The number of hydrogen-bond acceptors (Lipinski definition) is 2.